The molecule has 0 saturated carbocycles. The van der Waals surface area contributed by atoms with Crippen LogP contribution in [0.3, 0.4) is 0 Å². The Morgan fingerprint density at radius 2 is 1.80 bits per heavy atom. The normalized spacial score (nSPS) is 9.60. The first-order valence-corrected chi connectivity index (χ1v) is 5.57. The van der Waals surface area contributed by atoms with Crippen molar-refractivity contribution in [3.8, 4) is 11.1 Å². The van der Waals surface area contributed by atoms with Gasteiger partial charge in [0.15, 0.2) is 11.7 Å². The summed E-state index contributed by atoms with van der Waals surface area (Å²) >= 11 is 1.29. The molecular formula is C12H11N2S+. The Bertz CT molecular complexity index is 437. The van der Waals surface area contributed by atoms with Gasteiger partial charge >= 0.3 is 11.5 Å². The number of hydrogen-bond acceptors (Lipinski definition) is 2. The zero-order valence-electron chi connectivity index (χ0n) is 8.18. The third-order valence-corrected chi connectivity index (χ3v) is 2.40. The maximum Gasteiger partial charge on any atom is 0.318 e. The van der Waals surface area contributed by atoms with Crippen LogP contribution in [0.1, 0.15) is 0 Å². The van der Waals surface area contributed by atoms with Gasteiger partial charge in [0.25, 0.3) is 0 Å². The van der Waals surface area contributed by atoms with E-state index in [1.807, 2.05) is 36.5 Å². The Hall–Kier alpha value is -1.74. The summed E-state index contributed by atoms with van der Waals surface area (Å²) in [6.07, 6.45) is 1.86. The van der Waals surface area contributed by atoms with Crippen LogP contribution in [0.2, 0.25) is 0 Å². The third-order valence-electron chi connectivity index (χ3n) is 2.05. The van der Waals surface area contributed by atoms with Gasteiger partial charge in [-0.05, 0) is 17.7 Å². The van der Waals surface area contributed by atoms with E-state index in [0.717, 1.165) is 11.4 Å². The summed E-state index contributed by atoms with van der Waals surface area (Å²) in [4.78, 5) is 4.27. The van der Waals surface area contributed by atoms with E-state index in [4.69, 9.17) is 0 Å². The van der Waals surface area contributed by atoms with Crippen LogP contribution in [-0.2, 0) is 11.5 Å². The highest BCUT2D eigenvalue weighted by molar-refractivity contribution is 7.77. The summed E-state index contributed by atoms with van der Waals surface area (Å²) in [5, 5.41) is 0. The third kappa shape index (κ3) is 2.39. The highest BCUT2D eigenvalue weighted by Gasteiger charge is 1.99. The SMILES string of the molecule is C=[S+]Nc1ccc(-c2ccccc2)cn1. The lowest BCUT2D eigenvalue weighted by molar-refractivity contribution is 1.34. The van der Waals surface area contributed by atoms with Crippen LogP contribution in [-0.4, -0.2) is 10.9 Å². The van der Waals surface area contributed by atoms with E-state index in [2.05, 4.69) is 27.7 Å². The lowest BCUT2D eigenvalue weighted by atomic mass is 10.1. The minimum absolute atomic E-state index is 0.828. The number of pyridine rings is 1. The van der Waals surface area contributed by atoms with Crippen molar-refractivity contribution in [2.75, 3.05) is 4.72 Å². The number of nitrogens with one attached hydrogen (secondary N) is 1. The second kappa shape index (κ2) is 4.66. The molecule has 0 bridgehead atoms. The first kappa shape index (κ1) is 9.80. The smallest absolute Gasteiger partial charge is 0.234 e. The predicted octanol–water partition coefficient (Wildman–Crippen LogP) is 2.59. The van der Waals surface area contributed by atoms with Gasteiger partial charge in [-0.3, -0.25) is 0 Å². The molecule has 0 spiro atoms. The van der Waals surface area contributed by atoms with Crippen LogP contribution >= 0.6 is 0 Å². The highest BCUT2D eigenvalue weighted by Crippen LogP contribution is 2.18. The molecule has 3 heteroatoms. The van der Waals surface area contributed by atoms with E-state index >= 15 is 0 Å². The second-order valence-corrected chi connectivity index (χ2v) is 3.54. The van der Waals surface area contributed by atoms with Gasteiger partial charge in [-0.2, -0.15) is 0 Å². The molecule has 0 aliphatic heterocycles. The summed E-state index contributed by atoms with van der Waals surface area (Å²) in [5.41, 5.74) is 2.30. The summed E-state index contributed by atoms with van der Waals surface area (Å²) in [6.45, 7) is 0. The molecule has 0 atom stereocenters. The fourth-order valence-corrected chi connectivity index (χ4v) is 1.60. The Balaban J connectivity index is 2.28. The van der Waals surface area contributed by atoms with Gasteiger partial charge in [-0.25, -0.2) is 4.98 Å². The van der Waals surface area contributed by atoms with E-state index in [1.165, 1.54) is 17.1 Å². The van der Waals surface area contributed by atoms with Gasteiger partial charge in [0.05, 0.1) is 0 Å². The van der Waals surface area contributed by atoms with Gasteiger partial charge < -0.3 is 0 Å². The van der Waals surface area contributed by atoms with E-state index in [9.17, 15) is 0 Å². The molecule has 74 valence electrons. The van der Waals surface area contributed by atoms with Gasteiger partial charge in [-0.1, -0.05) is 30.3 Å². The average Bonchev–Trinajstić information content (AvgIpc) is 2.32. The Morgan fingerprint density at radius 1 is 1.00 bits per heavy atom. The molecule has 0 unspecified atom stereocenters. The van der Waals surface area contributed by atoms with Gasteiger partial charge in [0.1, 0.15) is 0 Å². The number of benzene rings is 1. The van der Waals surface area contributed by atoms with Gasteiger partial charge in [0, 0.05) is 11.8 Å². The zero-order chi connectivity index (χ0) is 10.5. The summed E-state index contributed by atoms with van der Waals surface area (Å²) in [5.74, 6) is 4.46. The molecule has 0 saturated heterocycles. The van der Waals surface area contributed by atoms with E-state index in [-0.39, 0.29) is 0 Å². The molecule has 15 heavy (non-hydrogen) atoms. The molecule has 0 aliphatic rings. The van der Waals surface area contributed by atoms with Gasteiger partial charge in [0.2, 0.25) is 0 Å². The molecule has 0 radical (unpaired) electrons. The number of rotatable bonds is 3. The Morgan fingerprint density at radius 3 is 2.40 bits per heavy atom. The van der Waals surface area contributed by atoms with Crippen molar-refractivity contribution in [2.45, 2.75) is 0 Å². The average molecular weight is 215 g/mol. The minimum atomic E-state index is 0.828. The first-order chi connectivity index (χ1) is 7.40. The molecule has 1 aromatic heterocycles. The quantitative estimate of drug-likeness (QED) is 0.483. The second-order valence-electron chi connectivity index (χ2n) is 3.04. The zero-order valence-corrected chi connectivity index (χ0v) is 9.00. The van der Waals surface area contributed by atoms with Crippen molar-refractivity contribution in [3.05, 3.63) is 48.7 Å². The fraction of sp³-hybridized carbons (Fsp3) is 0. The van der Waals surface area contributed by atoms with Crippen molar-refractivity contribution in [1.29, 1.82) is 0 Å². The molecule has 2 aromatic rings. The fourth-order valence-electron chi connectivity index (χ4n) is 1.33. The monoisotopic (exact) mass is 215 g/mol. The van der Waals surface area contributed by atoms with Crippen LogP contribution in [0.15, 0.2) is 48.7 Å². The lowest BCUT2D eigenvalue weighted by Gasteiger charge is -2.00. The number of anilines is 1. The van der Waals surface area contributed by atoms with Crippen molar-refractivity contribution in [3.63, 3.8) is 0 Å². The molecule has 0 fully saturated rings. The Labute approximate surface area is 93.1 Å². The molecule has 0 amide bonds. The largest absolute Gasteiger partial charge is 0.318 e. The van der Waals surface area contributed by atoms with Crippen LogP contribution < -0.4 is 4.72 Å². The maximum atomic E-state index is 4.27. The van der Waals surface area contributed by atoms with E-state index in [1.54, 1.807) is 0 Å². The Kier molecular flexibility index (Phi) is 3.05. The molecular weight excluding hydrogens is 204 g/mol. The molecule has 2 rings (SSSR count). The lowest BCUT2D eigenvalue weighted by Crippen LogP contribution is -1.92. The van der Waals surface area contributed by atoms with Crippen molar-refractivity contribution >= 4 is 23.2 Å². The molecule has 1 heterocycles. The topological polar surface area (TPSA) is 24.9 Å². The number of hydrogen-bond donors (Lipinski definition) is 1. The maximum absolute atomic E-state index is 4.27. The minimum Gasteiger partial charge on any atom is -0.234 e. The molecule has 2 nitrogen and oxygen atoms in total. The highest BCUT2D eigenvalue weighted by atomic mass is 32.1. The molecule has 0 aliphatic carbocycles. The van der Waals surface area contributed by atoms with E-state index < -0.39 is 0 Å². The summed E-state index contributed by atoms with van der Waals surface area (Å²) in [6, 6.07) is 14.2. The number of aromatic nitrogens is 1. The van der Waals surface area contributed by atoms with Crippen molar-refractivity contribution in [2.24, 2.45) is 0 Å². The van der Waals surface area contributed by atoms with Crippen molar-refractivity contribution < 1.29 is 0 Å². The standard InChI is InChI=1S/C12H11N2S/c1-15-14-12-8-7-11(9-13-12)10-5-3-2-4-6-10/h2-9H,1H2,(H,13,14)/q+1. The molecule has 1 aromatic carbocycles. The van der Waals surface area contributed by atoms with E-state index in [0.29, 0.717) is 0 Å². The van der Waals surface area contributed by atoms with Crippen LogP contribution in [0, 0.1) is 0 Å². The molecule has 1 N–H and O–H groups in total. The van der Waals surface area contributed by atoms with Crippen LogP contribution in [0.5, 0.6) is 0 Å². The van der Waals surface area contributed by atoms with Crippen LogP contribution in [0.4, 0.5) is 5.82 Å². The van der Waals surface area contributed by atoms with Gasteiger partial charge in [-0.15, -0.1) is 4.72 Å². The number of nitrogens with zero attached hydrogens (tertiary/aromatic N) is 1. The predicted molar refractivity (Wildman–Crippen MR) is 67.8 cm³/mol. The van der Waals surface area contributed by atoms with Crippen molar-refractivity contribution in [1.82, 2.24) is 4.98 Å². The summed E-state index contributed by atoms with van der Waals surface area (Å²) in [7, 11) is 0. The first-order valence-electron chi connectivity index (χ1n) is 4.58. The van der Waals surface area contributed by atoms with Crippen LogP contribution in [0.25, 0.3) is 11.1 Å². The summed E-state index contributed by atoms with van der Waals surface area (Å²) < 4.78 is 2.98.